The van der Waals surface area contributed by atoms with E-state index in [0.717, 1.165) is 18.2 Å². The first-order valence-corrected chi connectivity index (χ1v) is 9.12. The van der Waals surface area contributed by atoms with E-state index in [2.05, 4.69) is 25.8 Å². The average molecular weight is 350 g/mol. The lowest BCUT2D eigenvalue weighted by molar-refractivity contribution is 0.227. The van der Waals surface area contributed by atoms with Crippen LogP contribution in [0.4, 0.5) is 0 Å². The molecule has 1 aromatic heterocycles. The molecule has 0 saturated heterocycles. The van der Waals surface area contributed by atoms with Gasteiger partial charge in [0.15, 0.2) is 0 Å². The molecule has 5 nitrogen and oxygen atoms in total. The van der Waals surface area contributed by atoms with Crippen LogP contribution in [0, 0.1) is 5.41 Å². The van der Waals surface area contributed by atoms with Crippen LogP contribution in [0.15, 0.2) is 17.3 Å². The molecule has 1 fully saturated rings. The van der Waals surface area contributed by atoms with Crippen molar-refractivity contribution in [3.63, 3.8) is 0 Å². The first kappa shape index (κ1) is 15.0. The van der Waals surface area contributed by atoms with Gasteiger partial charge in [0, 0.05) is 25.1 Å². The van der Waals surface area contributed by atoms with Gasteiger partial charge < -0.3 is 0 Å². The maximum absolute atomic E-state index is 12.2. The number of hydrogen-bond donors (Lipinski definition) is 1. The molecule has 1 aliphatic carbocycles. The van der Waals surface area contributed by atoms with Crippen LogP contribution >= 0.6 is 15.9 Å². The summed E-state index contributed by atoms with van der Waals surface area (Å²) in [6, 6.07) is 0. The lowest BCUT2D eigenvalue weighted by Gasteiger charge is -2.35. The Morgan fingerprint density at radius 3 is 2.63 bits per heavy atom. The number of aryl methyl sites for hydroxylation is 1. The van der Waals surface area contributed by atoms with Crippen LogP contribution in [0.2, 0.25) is 0 Å². The number of sulfonamides is 1. The normalized spacial score (nSPS) is 19.5. The minimum atomic E-state index is -3.44. The third-order valence-electron chi connectivity index (χ3n) is 3.83. The van der Waals surface area contributed by atoms with Crippen molar-refractivity contribution in [2.45, 2.75) is 37.0 Å². The molecule has 0 bridgehead atoms. The third kappa shape index (κ3) is 3.58. The van der Waals surface area contributed by atoms with E-state index in [1.165, 1.54) is 36.3 Å². The van der Waals surface area contributed by atoms with Crippen molar-refractivity contribution in [3.8, 4) is 0 Å². The highest BCUT2D eigenvalue weighted by atomic mass is 79.9. The van der Waals surface area contributed by atoms with Crippen molar-refractivity contribution >= 4 is 26.0 Å². The molecule has 1 aliphatic rings. The predicted molar refractivity (Wildman–Crippen MR) is 77.7 cm³/mol. The summed E-state index contributed by atoms with van der Waals surface area (Å²) >= 11 is 3.54. The van der Waals surface area contributed by atoms with E-state index in [4.69, 9.17) is 0 Å². The van der Waals surface area contributed by atoms with Crippen LogP contribution in [0.3, 0.4) is 0 Å². The summed E-state index contributed by atoms with van der Waals surface area (Å²) in [7, 11) is -1.73. The van der Waals surface area contributed by atoms with Gasteiger partial charge in [0.25, 0.3) is 0 Å². The fourth-order valence-electron chi connectivity index (χ4n) is 2.53. The molecule has 0 radical (unpaired) electrons. The average Bonchev–Trinajstić information content (AvgIpc) is 2.85. The molecule has 0 aliphatic heterocycles. The maximum atomic E-state index is 12.2. The van der Waals surface area contributed by atoms with Gasteiger partial charge in [-0.2, -0.15) is 5.10 Å². The fraction of sp³-hybridized carbons (Fsp3) is 0.750. The van der Waals surface area contributed by atoms with Gasteiger partial charge in [-0.15, -0.1) is 0 Å². The van der Waals surface area contributed by atoms with Crippen LogP contribution in [0.1, 0.15) is 32.1 Å². The van der Waals surface area contributed by atoms with Crippen LogP contribution in [0.25, 0.3) is 0 Å². The Balaban J connectivity index is 2.04. The van der Waals surface area contributed by atoms with Crippen molar-refractivity contribution in [2.24, 2.45) is 12.5 Å². The summed E-state index contributed by atoms with van der Waals surface area (Å²) in [5.41, 5.74) is 0.0630. The SMILES string of the molecule is Cn1cc(S(=O)(=O)NCC2(CBr)CCCCC2)cn1. The molecule has 1 heterocycles. The summed E-state index contributed by atoms with van der Waals surface area (Å²) in [5, 5.41) is 4.75. The Labute approximate surface area is 122 Å². The largest absolute Gasteiger partial charge is 0.274 e. The van der Waals surface area contributed by atoms with Crippen molar-refractivity contribution in [3.05, 3.63) is 12.4 Å². The highest BCUT2D eigenvalue weighted by Gasteiger charge is 2.32. The Morgan fingerprint density at radius 2 is 2.11 bits per heavy atom. The van der Waals surface area contributed by atoms with E-state index in [-0.39, 0.29) is 10.3 Å². The second-order valence-corrected chi connectivity index (χ2v) is 7.70. The second kappa shape index (κ2) is 5.93. The van der Waals surface area contributed by atoms with Gasteiger partial charge in [-0.3, -0.25) is 4.68 Å². The highest BCUT2D eigenvalue weighted by molar-refractivity contribution is 9.09. The number of alkyl halides is 1. The molecule has 0 spiro atoms. The zero-order chi connectivity index (χ0) is 13.9. The minimum Gasteiger partial charge on any atom is -0.274 e. The van der Waals surface area contributed by atoms with Gasteiger partial charge in [-0.25, -0.2) is 13.1 Å². The predicted octanol–water partition coefficient (Wildman–Crippen LogP) is 2.04. The lowest BCUT2D eigenvalue weighted by Crippen LogP contribution is -2.40. The van der Waals surface area contributed by atoms with Gasteiger partial charge in [0.1, 0.15) is 4.90 Å². The molecule has 0 aromatic carbocycles. The lowest BCUT2D eigenvalue weighted by atomic mass is 9.76. The van der Waals surface area contributed by atoms with E-state index in [9.17, 15) is 8.42 Å². The van der Waals surface area contributed by atoms with Gasteiger partial charge in [-0.1, -0.05) is 35.2 Å². The number of rotatable bonds is 5. The molecule has 0 unspecified atom stereocenters. The van der Waals surface area contributed by atoms with Crippen molar-refractivity contribution < 1.29 is 8.42 Å². The summed E-state index contributed by atoms with van der Waals surface area (Å²) in [4.78, 5) is 0.232. The van der Waals surface area contributed by atoms with Gasteiger partial charge in [0.2, 0.25) is 10.0 Å². The van der Waals surface area contributed by atoms with Gasteiger partial charge in [0.05, 0.1) is 6.20 Å². The molecular formula is C12H20BrN3O2S. The number of hydrogen-bond acceptors (Lipinski definition) is 3. The van der Waals surface area contributed by atoms with Crippen LogP contribution in [-0.2, 0) is 17.1 Å². The molecule has 7 heteroatoms. The van der Waals surface area contributed by atoms with E-state index < -0.39 is 10.0 Å². The monoisotopic (exact) mass is 349 g/mol. The number of nitrogens with one attached hydrogen (secondary N) is 1. The van der Waals surface area contributed by atoms with Crippen molar-refractivity contribution in [2.75, 3.05) is 11.9 Å². The fourth-order valence-corrected chi connectivity index (χ4v) is 4.43. The topological polar surface area (TPSA) is 64.0 Å². The molecular weight excluding hydrogens is 330 g/mol. The zero-order valence-corrected chi connectivity index (χ0v) is 13.5. The maximum Gasteiger partial charge on any atom is 0.243 e. The first-order chi connectivity index (χ1) is 8.97. The van der Waals surface area contributed by atoms with E-state index in [1.807, 2.05) is 0 Å². The van der Waals surface area contributed by atoms with E-state index in [0.29, 0.717) is 6.54 Å². The van der Waals surface area contributed by atoms with Crippen molar-refractivity contribution in [1.82, 2.24) is 14.5 Å². The molecule has 2 rings (SSSR count). The molecule has 108 valence electrons. The minimum absolute atomic E-state index is 0.0630. The second-order valence-electron chi connectivity index (χ2n) is 5.37. The summed E-state index contributed by atoms with van der Waals surface area (Å²) in [6.07, 6.45) is 8.67. The summed E-state index contributed by atoms with van der Waals surface area (Å²) < 4.78 is 28.6. The first-order valence-electron chi connectivity index (χ1n) is 6.52. The Hall–Kier alpha value is -0.400. The molecule has 0 amide bonds. The Bertz CT molecular complexity index is 521. The molecule has 1 N–H and O–H groups in total. The quantitative estimate of drug-likeness (QED) is 0.827. The number of aromatic nitrogens is 2. The summed E-state index contributed by atoms with van der Waals surface area (Å²) in [6.45, 7) is 0.496. The molecule has 1 aromatic rings. The number of halogens is 1. The highest BCUT2D eigenvalue weighted by Crippen LogP contribution is 2.37. The molecule has 0 atom stereocenters. The van der Waals surface area contributed by atoms with Gasteiger partial charge >= 0.3 is 0 Å². The van der Waals surface area contributed by atoms with E-state index >= 15 is 0 Å². The van der Waals surface area contributed by atoms with Crippen molar-refractivity contribution in [1.29, 1.82) is 0 Å². The van der Waals surface area contributed by atoms with Crippen LogP contribution in [-0.4, -0.2) is 30.1 Å². The van der Waals surface area contributed by atoms with Gasteiger partial charge in [-0.05, 0) is 18.3 Å². The summed E-state index contributed by atoms with van der Waals surface area (Å²) in [5.74, 6) is 0. The van der Waals surface area contributed by atoms with Crippen LogP contribution < -0.4 is 4.72 Å². The smallest absolute Gasteiger partial charge is 0.243 e. The van der Waals surface area contributed by atoms with E-state index in [1.54, 1.807) is 7.05 Å². The Morgan fingerprint density at radius 1 is 1.42 bits per heavy atom. The standard InChI is InChI=1S/C12H20BrN3O2S/c1-16-8-11(7-14-16)19(17,18)15-10-12(9-13)5-3-2-4-6-12/h7-8,15H,2-6,9-10H2,1H3. The number of nitrogens with zero attached hydrogens (tertiary/aromatic N) is 2. The molecule has 19 heavy (non-hydrogen) atoms. The molecule has 1 saturated carbocycles. The third-order valence-corrected chi connectivity index (χ3v) is 6.37. The zero-order valence-electron chi connectivity index (χ0n) is 11.1. The van der Waals surface area contributed by atoms with Crippen LogP contribution in [0.5, 0.6) is 0 Å². The Kier molecular flexibility index (Phi) is 4.68.